The molecule has 0 saturated heterocycles. The molecule has 1 heterocycles. The first-order valence-electron chi connectivity index (χ1n) is 6.29. The van der Waals surface area contributed by atoms with Gasteiger partial charge in [0.25, 0.3) is 5.69 Å². The van der Waals surface area contributed by atoms with Crippen molar-refractivity contribution < 1.29 is 4.92 Å². The number of nitro groups is 1. The van der Waals surface area contributed by atoms with Gasteiger partial charge in [-0.1, -0.05) is 18.2 Å². The molecule has 0 bridgehead atoms. The molecule has 0 aliphatic heterocycles. The van der Waals surface area contributed by atoms with E-state index in [2.05, 4.69) is 9.97 Å². The Bertz CT molecular complexity index is 835. The molecule has 3 rings (SSSR count). The first-order valence-corrected chi connectivity index (χ1v) is 6.29. The van der Waals surface area contributed by atoms with Crippen LogP contribution in [0.4, 0.5) is 11.4 Å². The summed E-state index contributed by atoms with van der Waals surface area (Å²) in [6.07, 6.45) is 3.71. The first kappa shape index (κ1) is 12.9. The molecular formula is C15H12N4O2. The number of aromatic amines is 1. The topological polar surface area (TPSA) is 97.8 Å². The maximum Gasteiger partial charge on any atom is 0.271 e. The van der Waals surface area contributed by atoms with Crippen LogP contribution in [-0.4, -0.2) is 14.9 Å². The van der Waals surface area contributed by atoms with Gasteiger partial charge in [0, 0.05) is 17.8 Å². The van der Waals surface area contributed by atoms with Gasteiger partial charge in [0.1, 0.15) is 5.82 Å². The number of nitrogens with two attached hydrogens (primary N) is 1. The van der Waals surface area contributed by atoms with Gasteiger partial charge in [0.15, 0.2) is 0 Å². The van der Waals surface area contributed by atoms with Crippen LogP contribution in [0.5, 0.6) is 0 Å². The van der Waals surface area contributed by atoms with E-state index in [0.717, 1.165) is 5.56 Å². The summed E-state index contributed by atoms with van der Waals surface area (Å²) in [5, 5.41) is 10.7. The molecule has 0 saturated carbocycles. The van der Waals surface area contributed by atoms with E-state index >= 15 is 0 Å². The number of aromatic nitrogens is 2. The number of rotatable bonds is 3. The third kappa shape index (κ3) is 2.74. The molecule has 1 aromatic heterocycles. The molecule has 6 heteroatoms. The Kier molecular flexibility index (Phi) is 3.12. The highest BCUT2D eigenvalue weighted by atomic mass is 16.6. The second-order valence-corrected chi connectivity index (χ2v) is 4.58. The Morgan fingerprint density at radius 2 is 1.90 bits per heavy atom. The number of imidazole rings is 1. The summed E-state index contributed by atoms with van der Waals surface area (Å²) in [6, 6.07) is 12.0. The number of anilines is 1. The highest BCUT2D eigenvalue weighted by Crippen LogP contribution is 2.19. The number of nitrogen functional groups attached to an aromatic ring is 1. The number of nitrogens with zero attached hydrogens (tertiary/aromatic N) is 2. The van der Waals surface area contributed by atoms with Gasteiger partial charge in [-0.15, -0.1) is 0 Å². The predicted octanol–water partition coefficient (Wildman–Crippen LogP) is 3.22. The summed E-state index contributed by atoms with van der Waals surface area (Å²) >= 11 is 0. The van der Waals surface area contributed by atoms with Gasteiger partial charge in [-0.25, -0.2) is 4.98 Å². The maximum absolute atomic E-state index is 10.7. The fraction of sp³-hybridized carbons (Fsp3) is 0. The molecule has 21 heavy (non-hydrogen) atoms. The average Bonchev–Trinajstić information content (AvgIpc) is 2.88. The van der Waals surface area contributed by atoms with Crippen molar-refractivity contribution >= 4 is 34.6 Å². The highest BCUT2D eigenvalue weighted by Gasteiger charge is 2.08. The minimum Gasteiger partial charge on any atom is -0.399 e. The fourth-order valence-corrected chi connectivity index (χ4v) is 1.99. The summed E-state index contributed by atoms with van der Waals surface area (Å²) in [5.41, 5.74) is 8.71. The quantitative estimate of drug-likeness (QED) is 0.437. The average molecular weight is 280 g/mol. The lowest BCUT2D eigenvalue weighted by Gasteiger charge is -1.93. The SMILES string of the molecule is Nc1ccc(/C=C/c2nc3ccc([N+](=O)[O-])cc3[nH]2)cc1. The van der Waals surface area contributed by atoms with Crippen LogP contribution in [0.2, 0.25) is 0 Å². The number of fused-ring (bicyclic) bond motifs is 1. The van der Waals surface area contributed by atoms with Gasteiger partial charge in [0.05, 0.1) is 16.0 Å². The summed E-state index contributed by atoms with van der Waals surface area (Å²) in [6.45, 7) is 0. The molecule has 2 aromatic carbocycles. The van der Waals surface area contributed by atoms with Crippen LogP contribution >= 0.6 is 0 Å². The van der Waals surface area contributed by atoms with Crippen LogP contribution in [-0.2, 0) is 0 Å². The first-order chi connectivity index (χ1) is 10.1. The number of hydrogen-bond acceptors (Lipinski definition) is 4. The molecule has 0 spiro atoms. The van der Waals surface area contributed by atoms with Crippen molar-refractivity contribution in [3.8, 4) is 0 Å². The van der Waals surface area contributed by atoms with Crippen LogP contribution in [0.15, 0.2) is 42.5 Å². The Hall–Kier alpha value is -3.15. The van der Waals surface area contributed by atoms with E-state index in [4.69, 9.17) is 5.73 Å². The smallest absolute Gasteiger partial charge is 0.271 e. The van der Waals surface area contributed by atoms with Gasteiger partial charge in [-0.3, -0.25) is 10.1 Å². The van der Waals surface area contributed by atoms with Crippen molar-refractivity contribution in [2.24, 2.45) is 0 Å². The fourth-order valence-electron chi connectivity index (χ4n) is 1.99. The monoisotopic (exact) mass is 280 g/mol. The Labute approximate surface area is 120 Å². The van der Waals surface area contributed by atoms with Crippen molar-refractivity contribution in [3.05, 3.63) is 64.0 Å². The van der Waals surface area contributed by atoms with Crippen LogP contribution in [0, 0.1) is 10.1 Å². The molecule has 0 aliphatic carbocycles. The molecular weight excluding hydrogens is 268 g/mol. The molecule has 6 nitrogen and oxygen atoms in total. The number of H-pyrrole nitrogens is 1. The van der Waals surface area contributed by atoms with Gasteiger partial charge in [0.2, 0.25) is 0 Å². The van der Waals surface area contributed by atoms with E-state index in [1.807, 2.05) is 36.4 Å². The van der Waals surface area contributed by atoms with Crippen molar-refractivity contribution in [3.63, 3.8) is 0 Å². The third-order valence-corrected chi connectivity index (χ3v) is 3.06. The van der Waals surface area contributed by atoms with Gasteiger partial charge < -0.3 is 10.7 Å². The normalized spacial score (nSPS) is 11.2. The van der Waals surface area contributed by atoms with E-state index in [0.29, 0.717) is 22.5 Å². The number of nitrogens with one attached hydrogen (secondary N) is 1. The van der Waals surface area contributed by atoms with Crippen molar-refractivity contribution in [2.75, 3.05) is 5.73 Å². The zero-order chi connectivity index (χ0) is 14.8. The molecule has 0 unspecified atom stereocenters. The molecule has 0 atom stereocenters. The lowest BCUT2D eigenvalue weighted by atomic mass is 10.2. The number of non-ortho nitro benzene ring substituents is 1. The van der Waals surface area contributed by atoms with Gasteiger partial charge in [-0.05, 0) is 29.8 Å². The van der Waals surface area contributed by atoms with Crippen molar-refractivity contribution in [1.82, 2.24) is 9.97 Å². The van der Waals surface area contributed by atoms with E-state index < -0.39 is 4.92 Å². The number of benzene rings is 2. The minimum absolute atomic E-state index is 0.0419. The van der Waals surface area contributed by atoms with E-state index in [1.54, 1.807) is 6.07 Å². The Morgan fingerprint density at radius 1 is 1.14 bits per heavy atom. The third-order valence-electron chi connectivity index (χ3n) is 3.06. The molecule has 104 valence electrons. The molecule has 3 N–H and O–H groups in total. The van der Waals surface area contributed by atoms with Crippen LogP contribution in [0.1, 0.15) is 11.4 Å². The van der Waals surface area contributed by atoms with Crippen molar-refractivity contribution in [1.29, 1.82) is 0 Å². The molecule has 0 aliphatic rings. The summed E-state index contributed by atoms with van der Waals surface area (Å²) in [7, 11) is 0. The highest BCUT2D eigenvalue weighted by molar-refractivity contribution is 5.80. The van der Waals surface area contributed by atoms with E-state index in [-0.39, 0.29) is 5.69 Å². The van der Waals surface area contributed by atoms with E-state index in [9.17, 15) is 10.1 Å². The largest absolute Gasteiger partial charge is 0.399 e. The Morgan fingerprint density at radius 3 is 2.62 bits per heavy atom. The summed E-state index contributed by atoms with van der Waals surface area (Å²) < 4.78 is 0. The number of hydrogen-bond donors (Lipinski definition) is 2. The van der Waals surface area contributed by atoms with E-state index in [1.165, 1.54) is 12.1 Å². The lowest BCUT2D eigenvalue weighted by molar-refractivity contribution is -0.384. The molecule has 0 fully saturated rings. The predicted molar refractivity (Wildman–Crippen MR) is 82.5 cm³/mol. The van der Waals surface area contributed by atoms with Crippen LogP contribution < -0.4 is 5.73 Å². The zero-order valence-electron chi connectivity index (χ0n) is 11.0. The molecule has 3 aromatic rings. The van der Waals surface area contributed by atoms with Crippen molar-refractivity contribution in [2.45, 2.75) is 0 Å². The van der Waals surface area contributed by atoms with Gasteiger partial charge in [-0.2, -0.15) is 0 Å². The standard InChI is InChI=1S/C15H12N4O2/c16-11-4-1-10(2-5-11)3-8-15-17-13-7-6-12(19(20)21)9-14(13)18-15/h1-9H,16H2,(H,17,18)/b8-3+. The van der Waals surface area contributed by atoms with Crippen LogP contribution in [0.3, 0.4) is 0 Å². The second-order valence-electron chi connectivity index (χ2n) is 4.58. The maximum atomic E-state index is 10.7. The molecule has 0 radical (unpaired) electrons. The van der Waals surface area contributed by atoms with Gasteiger partial charge >= 0.3 is 0 Å². The lowest BCUT2D eigenvalue weighted by Crippen LogP contribution is -1.86. The Balaban J connectivity index is 1.90. The van der Waals surface area contributed by atoms with Crippen LogP contribution in [0.25, 0.3) is 23.2 Å². The summed E-state index contributed by atoms with van der Waals surface area (Å²) in [4.78, 5) is 17.7. The summed E-state index contributed by atoms with van der Waals surface area (Å²) in [5.74, 6) is 0.641. The second kappa shape index (κ2) is 5.09. The molecule has 0 amide bonds. The zero-order valence-corrected chi connectivity index (χ0v) is 11.0. The number of nitro benzene ring substituents is 1. The minimum atomic E-state index is -0.426.